The second kappa shape index (κ2) is 41.0. The molecule has 2 saturated heterocycles. The first-order chi connectivity index (χ1) is 33.5. The van der Waals surface area contributed by atoms with E-state index in [1.54, 1.807) is 0 Å². The maximum Gasteiger partial charge on any atom is 0.306 e. The fourth-order valence-corrected chi connectivity index (χ4v) is 8.10. The maximum atomic E-state index is 13.0. The third-order valence-electron chi connectivity index (χ3n) is 12.5. The summed E-state index contributed by atoms with van der Waals surface area (Å²) in [6, 6.07) is 0. The summed E-state index contributed by atoms with van der Waals surface area (Å²) in [5.74, 6) is -0.950. The lowest BCUT2D eigenvalue weighted by atomic mass is 9.98. The number of rotatable bonds is 41. The molecule has 2 heterocycles. The van der Waals surface area contributed by atoms with Gasteiger partial charge < -0.3 is 64.2 Å². The topological polar surface area (TPSA) is 231 Å². The second-order valence-corrected chi connectivity index (χ2v) is 18.7. The van der Waals surface area contributed by atoms with Gasteiger partial charge in [-0.15, -0.1) is 0 Å². The normalized spacial score (nSPS) is 25.9. The minimum atomic E-state index is -1.77. The van der Waals surface area contributed by atoms with Crippen LogP contribution in [0.5, 0.6) is 0 Å². The van der Waals surface area contributed by atoms with E-state index in [9.17, 15) is 45.3 Å². The molecule has 0 aliphatic carbocycles. The van der Waals surface area contributed by atoms with Crippen molar-refractivity contribution in [2.24, 2.45) is 0 Å². The van der Waals surface area contributed by atoms with Gasteiger partial charge in [0.1, 0.15) is 55.4 Å². The van der Waals surface area contributed by atoms with Gasteiger partial charge >= 0.3 is 11.9 Å². The molecule has 0 aromatic carbocycles. The van der Waals surface area contributed by atoms with Crippen molar-refractivity contribution in [2.75, 3.05) is 26.4 Å². The Labute approximate surface area is 414 Å². The Morgan fingerprint density at radius 1 is 0.464 bits per heavy atom. The van der Waals surface area contributed by atoms with Crippen LogP contribution in [0.25, 0.3) is 0 Å². The minimum absolute atomic E-state index is 0.152. The molecule has 7 N–H and O–H groups in total. The minimum Gasteiger partial charge on any atom is -0.462 e. The number of aliphatic hydroxyl groups excluding tert-OH is 7. The Morgan fingerprint density at radius 3 is 1.38 bits per heavy atom. The van der Waals surface area contributed by atoms with E-state index in [-0.39, 0.29) is 19.4 Å². The number of ether oxygens (including phenoxy) is 6. The van der Waals surface area contributed by atoms with Crippen LogP contribution in [-0.2, 0) is 38.0 Å². The van der Waals surface area contributed by atoms with Crippen molar-refractivity contribution < 1.29 is 73.8 Å². The Hall–Kier alpha value is -2.54. The van der Waals surface area contributed by atoms with Gasteiger partial charge in [-0.05, 0) is 77.0 Å². The van der Waals surface area contributed by atoms with Crippen LogP contribution < -0.4 is 0 Å². The van der Waals surface area contributed by atoms with Gasteiger partial charge in [0.05, 0.1) is 19.8 Å². The van der Waals surface area contributed by atoms with Crippen molar-refractivity contribution in [1.82, 2.24) is 0 Å². The van der Waals surface area contributed by atoms with Gasteiger partial charge in [-0.25, -0.2) is 0 Å². The predicted molar refractivity (Wildman–Crippen MR) is 266 cm³/mol. The summed E-state index contributed by atoms with van der Waals surface area (Å²) < 4.78 is 33.6. The molecule has 2 rings (SSSR count). The van der Waals surface area contributed by atoms with Crippen LogP contribution in [0.2, 0.25) is 0 Å². The van der Waals surface area contributed by atoms with Crippen LogP contribution in [0.3, 0.4) is 0 Å². The molecule has 0 amide bonds. The molecular formula is C54H94O15. The highest BCUT2D eigenvalue weighted by Crippen LogP contribution is 2.26. The third-order valence-corrected chi connectivity index (χ3v) is 12.5. The molecule has 2 aliphatic heterocycles. The van der Waals surface area contributed by atoms with E-state index in [0.29, 0.717) is 12.8 Å². The van der Waals surface area contributed by atoms with Gasteiger partial charge in [0.25, 0.3) is 0 Å². The van der Waals surface area contributed by atoms with Gasteiger partial charge in [0.15, 0.2) is 18.7 Å². The number of aliphatic hydroxyl groups is 7. The van der Waals surface area contributed by atoms with E-state index < -0.39 is 99.3 Å². The van der Waals surface area contributed by atoms with E-state index in [1.165, 1.54) is 51.4 Å². The van der Waals surface area contributed by atoms with E-state index in [1.807, 2.05) is 0 Å². The molecule has 2 fully saturated rings. The highest BCUT2D eigenvalue weighted by atomic mass is 16.7. The average molecular weight is 983 g/mol. The van der Waals surface area contributed by atoms with Crippen LogP contribution in [0, 0.1) is 0 Å². The standard InChI is InChI=1S/C54H94O15/c1-3-5-7-9-11-13-15-17-19-20-21-23-25-27-29-31-33-35-37-46(57)67-42(39-64-45(56)36-34-32-30-28-26-24-22-18-16-14-12-10-8-6-4-2)40-65-53-52(63)50(61)48(59)44(69-53)41-66-54-51(62)49(60)47(58)43(38-55)68-54/h12-15,18-20,22,42-44,47-55,58-63H,3-11,16-17,21,23-41H2,1-2H3/b14-12-,15-13-,20-19-,22-18-. The van der Waals surface area contributed by atoms with E-state index in [0.717, 1.165) is 96.3 Å². The van der Waals surface area contributed by atoms with Gasteiger partial charge in [0.2, 0.25) is 0 Å². The summed E-state index contributed by atoms with van der Waals surface area (Å²) in [6.07, 6.45) is 28.4. The van der Waals surface area contributed by atoms with Crippen molar-refractivity contribution in [3.63, 3.8) is 0 Å². The molecule has 15 heteroatoms. The Morgan fingerprint density at radius 2 is 0.870 bits per heavy atom. The first kappa shape index (κ1) is 62.6. The second-order valence-electron chi connectivity index (χ2n) is 18.7. The number of carbonyl (C=O) groups excluding carboxylic acids is 2. The molecule has 0 radical (unpaired) electrons. The SMILES string of the molecule is CCCCC/C=C\C/C=C\CCCCCCCC(=O)OCC(COC1OC(COC2OC(CO)C(O)C(O)C2O)C(O)C(O)C1O)OC(=O)CCCCCCCCC/C=C\C/C=C\CCCCCC. The van der Waals surface area contributed by atoms with Crippen LogP contribution in [0.15, 0.2) is 48.6 Å². The van der Waals surface area contributed by atoms with Crippen molar-refractivity contribution in [3.05, 3.63) is 48.6 Å². The fraction of sp³-hybridized carbons (Fsp3) is 0.815. The first-order valence-electron chi connectivity index (χ1n) is 26.7. The van der Waals surface area contributed by atoms with E-state index >= 15 is 0 Å². The zero-order valence-corrected chi connectivity index (χ0v) is 42.3. The van der Waals surface area contributed by atoms with Crippen LogP contribution >= 0.6 is 0 Å². The number of esters is 2. The Bertz CT molecular complexity index is 1390. The molecule has 0 aromatic rings. The number of unbranched alkanes of at least 4 members (excludes halogenated alkanes) is 19. The zero-order valence-electron chi connectivity index (χ0n) is 42.3. The quantitative estimate of drug-likeness (QED) is 0.0176. The predicted octanol–water partition coefficient (Wildman–Crippen LogP) is 7.88. The molecule has 0 spiro atoms. The summed E-state index contributed by atoms with van der Waals surface area (Å²) in [4.78, 5) is 25.8. The zero-order chi connectivity index (χ0) is 50.3. The van der Waals surface area contributed by atoms with Gasteiger partial charge in [-0.3, -0.25) is 9.59 Å². The summed E-state index contributed by atoms with van der Waals surface area (Å²) in [5.41, 5.74) is 0. The summed E-state index contributed by atoms with van der Waals surface area (Å²) in [5, 5.41) is 72.1. The summed E-state index contributed by atoms with van der Waals surface area (Å²) >= 11 is 0. The molecule has 11 unspecified atom stereocenters. The molecule has 15 nitrogen and oxygen atoms in total. The number of hydrogen-bond donors (Lipinski definition) is 7. The molecule has 0 aromatic heterocycles. The van der Waals surface area contributed by atoms with Crippen molar-refractivity contribution >= 4 is 11.9 Å². The lowest BCUT2D eigenvalue weighted by Crippen LogP contribution is -2.61. The lowest BCUT2D eigenvalue weighted by molar-refractivity contribution is -0.332. The van der Waals surface area contributed by atoms with Crippen LogP contribution in [-0.4, -0.2) is 142 Å². The van der Waals surface area contributed by atoms with Crippen molar-refractivity contribution in [3.8, 4) is 0 Å². The highest BCUT2D eigenvalue weighted by Gasteiger charge is 2.47. The van der Waals surface area contributed by atoms with E-state index in [2.05, 4.69) is 62.5 Å². The number of carbonyl (C=O) groups is 2. The molecule has 69 heavy (non-hydrogen) atoms. The largest absolute Gasteiger partial charge is 0.462 e. The molecular weight excluding hydrogens is 889 g/mol. The fourth-order valence-electron chi connectivity index (χ4n) is 8.10. The number of allylic oxidation sites excluding steroid dienone is 8. The Balaban J connectivity index is 1.81. The van der Waals surface area contributed by atoms with Crippen LogP contribution in [0.4, 0.5) is 0 Å². The summed E-state index contributed by atoms with van der Waals surface area (Å²) in [6.45, 7) is 2.53. The third kappa shape index (κ3) is 28.9. The van der Waals surface area contributed by atoms with Crippen molar-refractivity contribution in [1.29, 1.82) is 0 Å². The lowest BCUT2D eigenvalue weighted by Gasteiger charge is -2.42. The smallest absolute Gasteiger partial charge is 0.306 e. The van der Waals surface area contributed by atoms with Gasteiger partial charge in [0, 0.05) is 12.8 Å². The molecule has 0 saturated carbocycles. The van der Waals surface area contributed by atoms with Gasteiger partial charge in [-0.2, -0.15) is 0 Å². The first-order valence-corrected chi connectivity index (χ1v) is 26.7. The highest BCUT2D eigenvalue weighted by molar-refractivity contribution is 5.70. The molecule has 400 valence electrons. The summed E-state index contributed by atoms with van der Waals surface area (Å²) in [7, 11) is 0. The molecule has 2 aliphatic rings. The van der Waals surface area contributed by atoms with Gasteiger partial charge in [-0.1, -0.05) is 146 Å². The average Bonchev–Trinajstić information content (AvgIpc) is 3.34. The Kier molecular flexibility index (Phi) is 37.2. The molecule has 11 atom stereocenters. The maximum absolute atomic E-state index is 13.0. The number of hydrogen-bond acceptors (Lipinski definition) is 15. The monoisotopic (exact) mass is 983 g/mol. The molecule has 0 bridgehead atoms. The van der Waals surface area contributed by atoms with E-state index in [4.69, 9.17) is 28.4 Å². The van der Waals surface area contributed by atoms with Crippen LogP contribution in [0.1, 0.15) is 187 Å². The van der Waals surface area contributed by atoms with Crippen molar-refractivity contribution in [2.45, 2.75) is 255 Å².